The molecule has 4 nitrogen and oxygen atoms in total. The van der Waals surface area contributed by atoms with Crippen LogP contribution in [0.3, 0.4) is 0 Å². The number of nitrogens with zero attached hydrogens (tertiary/aromatic N) is 2. The molecule has 0 N–H and O–H groups in total. The van der Waals surface area contributed by atoms with Crippen LogP contribution in [-0.4, -0.2) is 11.1 Å². The number of rotatable bonds is 4. The molecule has 5 heteroatoms. The van der Waals surface area contributed by atoms with Crippen LogP contribution in [0.25, 0.3) is 6.08 Å². The highest BCUT2D eigenvalue weighted by Gasteiger charge is 2.06. The summed E-state index contributed by atoms with van der Waals surface area (Å²) in [5.74, 6) is 0. The average molecular weight is 345 g/mol. The summed E-state index contributed by atoms with van der Waals surface area (Å²) in [5, 5.41) is 10.7. The number of nitro groups is 1. The van der Waals surface area contributed by atoms with Crippen molar-refractivity contribution >= 4 is 39.6 Å². The largest absolute Gasteiger partial charge is 0.269 e. The van der Waals surface area contributed by atoms with Gasteiger partial charge in [0.1, 0.15) is 0 Å². The number of non-ortho nitro benzene ring substituents is 1. The fraction of sp³-hybridized carbons (Fsp3) is 0.0625. The third kappa shape index (κ3) is 4.36. The monoisotopic (exact) mass is 344 g/mol. The summed E-state index contributed by atoms with van der Waals surface area (Å²) in [6.45, 7) is 1.80. The smallest absolute Gasteiger partial charge is 0.258 e. The van der Waals surface area contributed by atoms with Crippen molar-refractivity contribution in [2.75, 3.05) is 0 Å². The van der Waals surface area contributed by atoms with Crippen molar-refractivity contribution in [2.45, 2.75) is 6.92 Å². The van der Waals surface area contributed by atoms with E-state index < -0.39 is 4.92 Å². The Labute approximate surface area is 131 Å². The molecule has 0 bridgehead atoms. The van der Waals surface area contributed by atoms with E-state index in [1.165, 1.54) is 12.1 Å². The second-order valence-electron chi connectivity index (χ2n) is 4.43. The zero-order chi connectivity index (χ0) is 15.2. The molecule has 0 fully saturated rings. The first kappa shape index (κ1) is 15.1. The lowest BCUT2D eigenvalue weighted by Gasteiger charge is -1.99. The predicted octanol–water partition coefficient (Wildman–Crippen LogP) is 5.04. The van der Waals surface area contributed by atoms with E-state index in [1.54, 1.807) is 19.2 Å². The van der Waals surface area contributed by atoms with Crippen LogP contribution in [0.5, 0.6) is 0 Å². The Balaban J connectivity index is 2.18. The van der Waals surface area contributed by atoms with E-state index in [0.29, 0.717) is 5.69 Å². The van der Waals surface area contributed by atoms with Crippen LogP contribution in [0, 0.1) is 17.0 Å². The molecule has 2 aromatic rings. The number of halogens is 1. The molecule has 0 radical (unpaired) electrons. The van der Waals surface area contributed by atoms with Crippen molar-refractivity contribution in [1.29, 1.82) is 0 Å². The maximum absolute atomic E-state index is 10.7. The van der Waals surface area contributed by atoms with Crippen LogP contribution in [0.4, 0.5) is 11.4 Å². The van der Waals surface area contributed by atoms with Crippen LogP contribution >= 0.6 is 15.9 Å². The molecule has 0 heterocycles. The van der Waals surface area contributed by atoms with Crippen LogP contribution in [0.2, 0.25) is 0 Å². The fourth-order valence-corrected chi connectivity index (χ4v) is 2.14. The number of nitro benzene ring substituents is 1. The average Bonchev–Trinajstić information content (AvgIpc) is 2.47. The van der Waals surface area contributed by atoms with E-state index >= 15 is 0 Å². The minimum atomic E-state index is -0.411. The Morgan fingerprint density at radius 3 is 2.57 bits per heavy atom. The topological polar surface area (TPSA) is 55.5 Å². The van der Waals surface area contributed by atoms with Gasteiger partial charge in [0.2, 0.25) is 0 Å². The van der Waals surface area contributed by atoms with Crippen LogP contribution in [0.1, 0.15) is 11.1 Å². The first-order chi connectivity index (χ1) is 10.1. The molecule has 0 saturated carbocycles. The molecule has 0 aliphatic heterocycles. The van der Waals surface area contributed by atoms with Gasteiger partial charge in [-0.2, -0.15) is 0 Å². The van der Waals surface area contributed by atoms with Gasteiger partial charge < -0.3 is 0 Å². The van der Waals surface area contributed by atoms with Gasteiger partial charge in [0.15, 0.2) is 0 Å². The quantitative estimate of drug-likeness (QED) is 0.443. The SMILES string of the molecule is Cc1cc([N+](=O)[O-])ccc1N=C/C(Br)=C/c1ccccc1. The standard InChI is InChI=1S/C16H13BrN2O2/c1-12-9-15(19(20)21)7-8-16(12)18-11-14(17)10-13-5-3-2-4-6-13/h2-11H,1H3/b14-10-,18-11?. The first-order valence-corrected chi connectivity index (χ1v) is 7.07. The maximum Gasteiger partial charge on any atom is 0.269 e. The summed E-state index contributed by atoms with van der Waals surface area (Å²) >= 11 is 3.44. The zero-order valence-corrected chi connectivity index (χ0v) is 12.9. The van der Waals surface area contributed by atoms with E-state index in [0.717, 1.165) is 15.6 Å². The minimum absolute atomic E-state index is 0.0744. The van der Waals surface area contributed by atoms with Gasteiger partial charge >= 0.3 is 0 Å². The number of aliphatic imine (C=N–C) groups is 1. The normalized spacial score (nSPS) is 11.8. The molecule has 0 spiro atoms. The van der Waals surface area contributed by atoms with E-state index in [-0.39, 0.29) is 5.69 Å². The molecule has 0 atom stereocenters. The summed E-state index contributed by atoms with van der Waals surface area (Å²) in [6, 6.07) is 14.5. The lowest BCUT2D eigenvalue weighted by atomic mass is 10.2. The first-order valence-electron chi connectivity index (χ1n) is 6.27. The lowest BCUT2D eigenvalue weighted by Crippen LogP contribution is -1.88. The Bertz CT molecular complexity index is 709. The molecular weight excluding hydrogens is 332 g/mol. The molecule has 21 heavy (non-hydrogen) atoms. The number of hydrogen-bond acceptors (Lipinski definition) is 3. The van der Waals surface area contributed by atoms with Gasteiger partial charge in [0.05, 0.1) is 10.6 Å². The Morgan fingerprint density at radius 2 is 1.95 bits per heavy atom. The van der Waals surface area contributed by atoms with Gasteiger partial charge in [-0.05, 0) is 46.1 Å². The summed E-state index contributed by atoms with van der Waals surface area (Å²) in [7, 11) is 0. The van der Waals surface area contributed by atoms with Crippen molar-refractivity contribution in [1.82, 2.24) is 0 Å². The molecule has 2 aromatic carbocycles. The van der Waals surface area contributed by atoms with Crippen molar-refractivity contribution in [3.63, 3.8) is 0 Å². The summed E-state index contributed by atoms with van der Waals surface area (Å²) in [6.07, 6.45) is 3.63. The molecule has 0 saturated heterocycles. The molecule has 0 aliphatic rings. The Kier molecular flexibility index (Phi) is 5.00. The zero-order valence-electron chi connectivity index (χ0n) is 11.4. The van der Waals surface area contributed by atoms with Gasteiger partial charge in [-0.25, -0.2) is 0 Å². The van der Waals surface area contributed by atoms with Crippen molar-refractivity contribution in [3.8, 4) is 0 Å². The van der Waals surface area contributed by atoms with Crippen molar-refractivity contribution in [2.24, 2.45) is 4.99 Å². The highest BCUT2D eigenvalue weighted by molar-refractivity contribution is 9.12. The van der Waals surface area contributed by atoms with Crippen molar-refractivity contribution < 1.29 is 4.92 Å². The number of aryl methyl sites for hydroxylation is 1. The molecule has 0 amide bonds. The van der Waals surface area contributed by atoms with E-state index in [4.69, 9.17) is 0 Å². The van der Waals surface area contributed by atoms with Gasteiger partial charge in [-0.3, -0.25) is 15.1 Å². The highest BCUT2D eigenvalue weighted by Crippen LogP contribution is 2.24. The van der Waals surface area contributed by atoms with E-state index in [2.05, 4.69) is 20.9 Å². The number of allylic oxidation sites excluding steroid dienone is 1. The van der Waals surface area contributed by atoms with E-state index in [1.807, 2.05) is 36.4 Å². The molecular formula is C16H13BrN2O2. The summed E-state index contributed by atoms with van der Waals surface area (Å²) in [4.78, 5) is 14.6. The van der Waals surface area contributed by atoms with Gasteiger partial charge in [-0.15, -0.1) is 0 Å². The summed E-state index contributed by atoms with van der Waals surface area (Å²) < 4.78 is 0.825. The predicted molar refractivity (Wildman–Crippen MR) is 89.3 cm³/mol. The van der Waals surface area contributed by atoms with Crippen LogP contribution in [-0.2, 0) is 0 Å². The number of benzene rings is 2. The number of hydrogen-bond donors (Lipinski definition) is 0. The second kappa shape index (κ2) is 6.95. The minimum Gasteiger partial charge on any atom is -0.258 e. The second-order valence-corrected chi connectivity index (χ2v) is 5.34. The molecule has 0 aromatic heterocycles. The van der Waals surface area contributed by atoms with Gasteiger partial charge in [0, 0.05) is 22.8 Å². The molecule has 106 valence electrons. The van der Waals surface area contributed by atoms with E-state index in [9.17, 15) is 10.1 Å². The fourth-order valence-electron chi connectivity index (χ4n) is 1.78. The van der Waals surface area contributed by atoms with Gasteiger partial charge in [0.25, 0.3) is 5.69 Å². The van der Waals surface area contributed by atoms with Crippen LogP contribution in [0.15, 0.2) is 58.0 Å². The van der Waals surface area contributed by atoms with Crippen LogP contribution < -0.4 is 0 Å². The molecule has 0 aliphatic carbocycles. The lowest BCUT2D eigenvalue weighted by molar-refractivity contribution is -0.384. The Morgan fingerprint density at radius 1 is 1.24 bits per heavy atom. The summed E-state index contributed by atoms with van der Waals surface area (Å²) in [5.41, 5.74) is 2.61. The van der Waals surface area contributed by atoms with Gasteiger partial charge in [-0.1, -0.05) is 30.3 Å². The molecule has 0 unspecified atom stereocenters. The highest BCUT2D eigenvalue weighted by atomic mass is 79.9. The third-order valence-corrected chi connectivity index (χ3v) is 3.26. The van der Waals surface area contributed by atoms with Crippen molar-refractivity contribution in [3.05, 3.63) is 74.3 Å². The Hall–Kier alpha value is -2.27. The maximum atomic E-state index is 10.7. The third-order valence-electron chi connectivity index (χ3n) is 2.82. The molecule has 2 rings (SSSR count).